The van der Waals surface area contributed by atoms with E-state index in [2.05, 4.69) is 6.08 Å². The molecule has 2 aliphatic carbocycles. The molecule has 112 valence electrons. The summed E-state index contributed by atoms with van der Waals surface area (Å²) in [4.78, 5) is 14.0. The fourth-order valence-electron chi connectivity index (χ4n) is 3.56. The molecule has 3 nitrogen and oxygen atoms in total. The number of hydrogen-bond donors (Lipinski definition) is 0. The molecule has 1 aliphatic heterocycles. The third-order valence-corrected chi connectivity index (χ3v) is 4.95. The van der Waals surface area contributed by atoms with Gasteiger partial charge >= 0.3 is 6.09 Å². The Balaban J connectivity index is 1.51. The van der Waals surface area contributed by atoms with Crippen LogP contribution in [0.3, 0.4) is 0 Å². The van der Waals surface area contributed by atoms with Gasteiger partial charge in [-0.3, -0.25) is 0 Å². The first kappa shape index (κ1) is 14.0. The standard InChI is InChI=1S/C17H27NO2/c1-16(2,3)20-15(19)18-10-8-17(9-11-18)7-6-14(12-17)13-4-5-13/h6,13H,4-5,7-12H2,1-3H3. The Morgan fingerprint density at radius 1 is 1.30 bits per heavy atom. The van der Waals surface area contributed by atoms with Crippen molar-refractivity contribution < 1.29 is 9.53 Å². The average Bonchev–Trinajstić information content (AvgIpc) is 3.12. The van der Waals surface area contributed by atoms with Crippen LogP contribution in [0.5, 0.6) is 0 Å². The van der Waals surface area contributed by atoms with Gasteiger partial charge in [0.1, 0.15) is 5.60 Å². The molecule has 0 atom stereocenters. The highest BCUT2D eigenvalue weighted by molar-refractivity contribution is 5.68. The zero-order chi connectivity index (χ0) is 14.4. The van der Waals surface area contributed by atoms with E-state index in [0.29, 0.717) is 5.41 Å². The van der Waals surface area contributed by atoms with E-state index in [0.717, 1.165) is 31.8 Å². The van der Waals surface area contributed by atoms with E-state index >= 15 is 0 Å². The zero-order valence-corrected chi connectivity index (χ0v) is 13.1. The minimum atomic E-state index is -0.389. The van der Waals surface area contributed by atoms with Gasteiger partial charge in [-0.25, -0.2) is 4.79 Å². The summed E-state index contributed by atoms with van der Waals surface area (Å²) in [6, 6.07) is 0. The molecule has 0 unspecified atom stereocenters. The number of likely N-dealkylation sites (tertiary alicyclic amines) is 1. The van der Waals surface area contributed by atoms with Gasteiger partial charge < -0.3 is 9.64 Å². The summed E-state index contributed by atoms with van der Waals surface area (Å²) >= 11 is 0. The molecule has 1 amide bonds. The molecule has 2 fully saturated rings. The molecule has 0 aromatic heterocycles. The number of rotatable bonds is 1. The van der Waals surface area contributed by atoms with Crippen molar-refractivity contribution in [3.63, 3.8) is 0 Å². The molecule has 1 saturated heterocycles. The van der Waals surface area contributed by atoms with Gasteiger partial charge in [-0.15, -0.1) is 0 Å². The van der Waals surface area contributed by atoms with Crippen molar-refractivity contribution >= 4 is 6.09 Å². The van der Waals surface area contributed by atoms with Crippen molar-refractivity contribution in [1.29, 1.82) is 0 Å². The van der Waals surface area contributed by atoms with Crippen molar-refractivity contribution in [3.8, 4) is 0 Å². The predicted molar refractivity (Wildman–Crippen MR) is 79.5 cm³/mol. The Hall–Kier alpha value is -0.990. The summed E-state index contributed by atoms with van der Waals surface area (Å²) in [5, 5.41) is 0. The van der Waals surface area contributed by atoms with E-state index in [1.807, 2.05) is 25.7 Å². The Morgan fingerprint density at radius 2 is 1.95 bits per heavy atom. The Morgan fingerprint density at radius 3 is 2.50 bits per heavy atom. The zero-order valence-electron chi connectivity index (χ0n) is 13.1. The van der Waals surface area contributed by atoms with E-state index < -0.39 is 0 Å². The lowest BCUT2D eigenvalue weighted by Crippen LogP contribution is -2.44. The maximum atomic E-state index is 12.1. The van der Waals surface area contributed by atoms with Crippen molar-refractivity contribution in [2.75, 3.05) is 13.1 Å². The van der Waals surface area contributed by atoms with Crippen LogP contribution in [0.1, 0.15) is 59.3 Å². The molecular weight excluding hydrogens is 250 g/mol. The van der Waals surface area contributed by atoms with Gasteiger partial charge in [0.2, 0.25) is 0 Å². The van der Waals surface area contributed by atoms with E-state index in [-0.39, 0.29) is 11.7 Å². The molecule has 1 spiro atoms. The van der Waals surface area contributed by atoms with Gasteiger partial charge in [-0.05, 0) is 70.6 Å². The SMILES string of the molecule is CC(C)(C)OC(=O)N1CCC2(CC=C(C3CC3)C2)CC1. The normalized spacial score (nSPS) is 25.8. The molecule has 3 aliphatic rings. The van der Waals surface area contributed by atoms with Crippen LogP contribution < -0.4 is 0 Å². The lowest BCUT2D eigenvalue weighted by Gasteiger charge is -2.40. The molecule has 3 heteroatoms. The number of nitrogens with zero attached hydrogens (tertiary/aromatic N) is 1. The third-order valence-electron chi connectivity index (χ3n) is 4.95. The highest BCUT2D eigenvalue weighted by Gasteiger charge is 2.42. The summed E-state index contributed by atoms with van der Waals surface area (Å²) in [6.07, 6.45) is 9.98. The molecule has 0 radical (unpaired) electrons. The highest BCUT2D eigenvalue weighted by atomic mass is 16.6. The van der Waals surface area contributed by atoms with Crippen LogP contribution in [0.25, 0.3) is 0 Å². The maximum absolute atomic E-state index is 12.1. The Bertz CT molecular complexity index is 421. The number of hydrogen-bond acceptors (Lipinski definition) is 2. The quantitative estimate of drug-likeness (QED) is 0.674. The largest absolute Gasteiger partial charge is 0.444 e. The Kier molecular flexibility index (Phi) is 3.34. The minimum Gasteiger partial charge on any atom is -0.444 e. The average molecular weight is 277 g/mol. The third kappa shape index (κ3) is 3.02. The van der Waals surface area contributed by atoms with Crippen LogP contribution in [0.4, 0.5) is 4.79 Å². The van der Waals surface area contributed by atoms with Crippen LogP contribution in [-0.2, 0) is 4.74 Å². The summed E-state index contributed by atoms with van der Waals surface area (Å²) in [7, 11) is 0. The molecule has 0 aromatic carbocycles. The van der Waals surface area contributed by atoms with Crippen molar-refractivity contribution in [2.24, 2.45) is 11.3 Å². The van der Waals surface area contributed by atoms with Crippen LogP contribution in [0, 0.1) is 11.3 Å². The van der Waals surface area contributed by atoms with Crippen LogP contribution >= 0.6 is 0 Å². The Labute approximate surface area is 122 Å². The second-order valence-corrected chi connectivity index (χ2v) is 7.90. The minimum absolute atomic E-state index is 0.138. The number of carbonyl (C=O) groups excluding carboxylic acids is 1. The molecule has 0 N–H and O–H groups in total. The van der Waals surface area contributed by atoms with Gasteiger partial charge in [0.25, 0.3) is 0 Å². The summed E-state index contributed by atoms with van der Waals surface area (Å²) in [5.41, 5.74) is 1.80. The fourth-order valence-corrected chi connectivity index (χ4v) is 3.56. The molecule has 0 aromatic rings. The lowest BCUT2D eigenvalue weighted by atomic mass is 9.75. The van der Waals surface area contributed by atoms with Crippen molar-refractivity contribution in [3.05, 3.63) is 11.6 Å². The lowest BCUT2D eigenvalue weighted by molar-refractivity contribution is 0.0111. The second-order valence-electron chi connectivity index (χ2n) is 7.90. The summed E-state index contributed by atoms with van der Waals surface area (Å²) in [6.45, 7) is 7.51. The van der Waals surface area contributed by atoms with Gasteiger partial charge in [-0.1, -0.05) is 11.6 Å². The summed E-state index contributed by atoms with van der Waals surface area (Å²) in [5.74, 6) is 0.915. The first-order chi connectivity index (χ1) is 9.37. The van der Waals surface area contributed by atoms with Gasteiger partial charge in [-0.2, -0.15) is 0 Å². The molecule has 1 heterocycles. The van der Waals surface area contributed by atoms with E-state index in [1.165, 1.54) is 25.7 Å². The van der Waals surface area contributed by atoms with Crippen molar-refractivity contribution in [1.82, 2.24) is 4.90 Å². The molecule has 1 saturated carbocycles. The van der Waals surface area contributed by atoms with Crippen molar-refractivity contribution in [2.45, 2.75) is 64.9 Å². The number of carbonyl (C=O) groups is 1. The van der Waals surface area contributed by atoms with Gasteiger partial charge in [0, 0.05) is 13.1 Å². The topological polar surface area (TPSA) is 29.5 Å². The smallest absolute Gasteiger partial charge is 0.410 e. The number of amides is 1. The highest BCUT2D eigenvalue weighted by Crippen LogP contribution is 2.52. The molecule has 3 rings (SSSR count). The first-order valence-electron chi connectivity index (χ1n) is 8.04. The molecule has 0 bridgehead atoms. The monoisotopic (exact) mass is 277 g/mol. The fraction of sp³-hybridized carbons (Fsp3) is 0.824. The summed E-state index contributed by atoms with van der Waals surface area (Å²) < 4.78 is 5.47. The van der Waals surface area contributed by atoms with E-state index in [4.69, 9.17) is 4.74 Å². The first-order valence-corrected chi connectivity index (χ1v) is 8.04. The molecule has 20 heavy (non-hydrogen) atoms. The number of allylic oxidation sites excluding steroid dienone is 2. The van der Waals surface area contributed by atoms with Gasteiger partial charge in [0.15, 0.2) is 0 Å². The van der Waals surface area contributed by atoms with Crippen LogP contribution in [-0.4, -0.2) is 29.7 Å². The van der Waals surface area contributed by atoms with Crippen LogP contribution in [0.15, 0.2) is 11.6 Å². The van der Waals surface area contributed by atoms with Crippen LogP contribution in [0.2, 0.25) is 0 Å². The second kappa shape index (κ2) is 4.78. The number of piperidine rings is 1. The number of ether oxygens (including phenoxy) is 1. The van der Waals surface area contributed by atoms with E-state index in [9.17, 15) is 4.79 Å². The maximum Gasteiger partial charge on any atom is 0.410 e. The van der Waals surface area contributed by atoms with E-state index in [1.54, 1.807) is 5.57 Å². The predicted octanol–water partition coefficient (Wildman–Crippen LogP) is 4.13. The molecular formula is C17H27NO2. The van der Waals surface area contributed by atoms with Gasteiger partial charge in [0.05, 0.1) is 0 Å².